The highest BCUT2D eigenvalue weighted by Gasteiger charge is 2.13. The minimum absolute atomic E-state index is 0.285. The maximum atomic E-state index is 13.4. The number of halogens is 1. The van der Waals surface area contributed by atoms with Crippen molar-refractivity contribution in [2.24, 2.45) is 5.73 Å². The van der Waals surface area contributed by atoms with Crippen molar-refractivity contribution in [3.8, 4) is 0 Å². The number of rotatable bonds is 3. The zero-order valence-electron chi connectivity index (χ0n) is 8.68. The van der Waals surface area contributed by atoms with E-state index in [9.17, 15) is 4.39 Å². The second kappa shape index (κ2) is 4.81. The van der Waals surface area contributed by atoms with Crippen molar-refractivity contribution in [1.29, 1.82) is 0 Å². The summed E-state index contributed by atoms with van der Waals surface area (Å²) in [5, 5.41) is 0. The molecule has 1 unspecified atom stereocenters. The van der Waals surface area contributed by atoms with E-state index in [1.165, 1.54) is 12.3 Å². The third-order valence-corrected chi connectivity index (χ3v) is 2.29. The number of hydrogen-bond donors (Lipinski definition) is 1. The number of hydrogen-bond acceptors (Lipinski definition) is 3. The molecule has 0 aliphatic heterocycles. The molecule has 16 heavy (non-hydrogen) atoms. The predicted octanol–water partition coefficient (Wildman–Crippen LogP) is 1.86. The summed E-state index contributed by atoms with van der Waals surface area (Å²) in [6, 6.07) is 8.02. The van der Waals surface area contributed by atoms with Gasteiger partial charge in [-0.25, -0.2) is 4.39 Å². The number of nitrogens with two attached hydrogens (primary N) is 1. The van der Waals surface area contributed by atoms with Crippen LogP contribution >= 0.6 is 0 Å². The Morgan fingerprint density at radius 2 is 1.94 bits per heavy atom. The molecule has 1 atom stereocenters. The molecule has 3 nitrogen and oxygen atoms in total. The summed E-state index contributed by atoms with van der Waals surface area (Å²) in [6.07, 6.45) is 3.71. The molecule has 0 radical (unpaired) electrons. The molecule has 2 aromatic rings. The average Bonchev–Trinajstić information content (AvgIpc) is 2.31. The summed E-state index contributed by atoms with van der Waals surface area (Å²) in [4.78, 5) is 8.09. The Labute approximate surface area is 93.2 Å². The summed E-state index contributed by atoms with van der Waals surface area (Å²) < 4.78 is 13.4. The average molecular weight is 217 g/mol. The summed E-state index contributed by atoms with van der Waals surface area (Å²) >= 11 is 0. The Kier molecular flexibility index (Phi) is 3.22. The summed E-state index contributed by atoms with van der Waals surface area (Å²) in [5.41, 5.74) is 7.00. The normalized spacial score (nSPS) is 12.4. The van der Waals surface area contributed by atoms with Gasteiger partial charge < -0.3 is 5.73 Å². The van der Waals surface area contributed by atoms with Gasteiger partial charge in [0.2, 0.25) is 0 Å². The molecule has 2 heterocycles. The zero-order valence-corrected chi connectivity index (χ0v) is 8.68. The molecule has 82 valence electrons. The van der Waals surface area contributed by atoms with Crippen LogP contribution in [0, 0.1) is 5.82 Å². The largest absolute Gasteiger partial charge is 0.322 e. The molecule has 4 heteroatoms. The topological polar surface area (TPSA) is 51.8 Å². The van der Waals surface area contributed by atoms with Crippen LogP contribution in [0.5, 0.6) is 0 Å². The van der Waals surface area contributed by atoms with E-state index in [4.69, 9.17) is 5.73 Å². The van der Waals surface area contributed by atoms with E-state index in [1.54, 1.807) is 12.3 Å². The van der Waals surface area contributed by atoms with Gasteiger partial charge in [0.15, 0.2) is 0 Å². The van der Waals surface area contributed by atoms with Gasteiger partial charge in [-0.05, 0) is 24.3 Å². The smallest absolute Gasteiger partial charge is 0.146 e. The molecular formula is C12H12FN3. The van der Waals surface area contributed by atoms with Gasteiger partial charge in [-0.3, -0.25) is 9.97 Å². The molecule has 0 fully saturated rings. The van der Waals surface area contributed by atoms with Gasteiger partial charge in [0.05, 0.1) is 11.7 Å². The van der Waals surface area contributed by atoms with Crippen molar-refractivity contribution in [2.75, 3.05) is 0 Å². The predicted molar refractivity (Wildman–Crippen MR) is 59.1 cm³/mol. The molecule has 0 bridgehead atoms. The maximum Gasteiger partial charge on any atom is 0.146 e. The first-order valence-corrected chi connectivity index (χ1v) is 5.03. The van der Waals surface area contributed by atoms with Crippen LogP contribution in [0.15, 0.2) is 42.7 Å². The third-order valence-electron chi connectivity index (χ3n) is 2.29. The van der Waals surface area contributed by atoms with E-state index in [2.05, 4.69) is 9.97 Å². The van der Waals surface area contributed by atoms with Gasteiger partial charge in [-0.2, -0.15) is 0 Å². The monoisotopic (exact) mass is 217 g/mol. The minimum Gasteiger partial charge on any atom is -0.322 e. The first-order chi connectivity index (χ1) is 7.77. The fraction of sp³-hybridized carbons (Fsp3) is 0.167. The molecule has 0 aromatic carbocycles. The zero-order chi connectivity index (χ0) is 11.4. The Morgan fingerprint density at radius 3 is 2.62 bits per heavy atom. The van der Waals surface area contributed by atoms with Gasteiger partial charge >= 0.3 is 0 Å². The first kappa shape index (κ1) is 10.7. The lowest BCUT2D eigenvalue weighted by molar-refractivity contribution is 0.561. The van der Waals surface area contributed by atoms with E-state index < -0.39 is 6.04 Å². The van der Waals surface area contributed by atoms with Crippen molar-refractivity contribution >= 4 is 0 Å². The molecular weight excluding hydrogens is 205 g/mol. The van der Waals surface area contributed by atoms with Crippen molar-refractivity contribution in [1.82, 2.24) is 9.97 Å². The molecule has 0 aliphatic carbocycles. The number of nitrogens with zero attached hydrogens (tertiary/aromatic N) is 2. The second-order valence-electron chi connectivity index (χ2n) is 3.50. The summed E-state index contributed by atoms with van der Waals surface area (Å²) in [6.45, 7) is 0. The van der Waals surface area contributed by atoms with Crippen LogP contribution in [-0.2, 0) is 6.42 Å². The van der Waals surface area contributed by atoms with E-state index >= 15 is 0 Å². The highest BCUT2D eigenvalue weighted by atomic mass is 19.1. The molecule has 0 aliphatic rings. The van der Waals surface area contributed by atoms with Crippen molar-refractivity contribution in [2.45, 2.75) is 12.5 Å². The van der Waals surface area contributed by atoms with Crippen LogP contribution in [0.4, 0.5) is 4.39 Å². The molecule has 2 rings (SSSR count). The molecule has 0 saturated carbocycles. The van der Waals surface area contributed by atoms with Gasteiger partial charge in [0.1, 0.15) is 5.82 Å². The van der Waals surface area contributed by atoms with Crippen LogP contribution in [0.25, 0.3) is 0 Å². The molecule has 2 N–H and O–H groups in total. The lowest BCUT2D eigenvalue weighted by Crippen LogP contribution is -2.17. The molecule has 2 aromatic heterocycles. The van der Waals surface area contributed by atoms with Crippen LogP contribution in [-0.4, -0.2) is 9.97 Å². The summed E-state index contributed by atoms with van der Waals surface area (Å²) in [7, 11) is 0. The fourth-order valence-corrected chi connectivity index (χ4v) is 1.51. The highest BCUT2D eigenvalue weighted by Crippen LogP contribution is 2.15. The molecule has 0 amide bonds. The highest BCUT2D eigenvalue weighted by molar-refractivity contribution is 5.14. The maximum absolute atomic E-state index is 13.4. The van der Waals surface area contributed by atoms with E-state index in [0.29, 0.717) is 6.42 Å². The third kappa shape index (κ3) is 2.41. The summed E-state index contributed by atoms with van der Waals surface area (Å²) in [5.74, 6) is -0.370. The lowest BCUT2D eigenvalue weighted by Gasteiger charge is -2.10. The van der Waals surface area contributed by atoms with Crippen molar-refractivity contribution in [3.63, 3.8) is 0 Å². The van der Waals surface area contributed by atoms with Gasteiger partial charge in [0.25, 0.3) is 0 Å². The number of aromatic nitrogens is 2. The molecule has 0 spiro atoms. The Balaban J connectivity index is 2.15. The van der Waals surface area contributed by atoms with Crippen LogP contribution in [0.2, 0.25) is 0 Å². The second-order valence-corrected chi connectivity index (χ2v) is 3.50. The van der Waals surface area contributed by atoms with Gasteiger partial charge in [-0.1, -0.05) is 6.07 Å². The van der Waals surface area contributed by atoms with E-state index in [0.717, 1.165) is 5.69 Å². The Bertz CT molecular complexity index is 459. The van der Waals surface area contributed by atoms with E-state index in [1.807, 2.05) is 18.2 Å². The fourth-order valence-electron chi connectivity index (χ4n) is 1.51. The Morgan fingerprint density at radius 1 is 1.12 bits per heavy atom. The standard InChI is InChI=1S/C12H12FN3/c13-10-5-3-7-16-12(10)11(14)8-9-4-1-2-6-15-9/h1-7,11H,8,14H2. The van der Waals surface area contributed by atoms with Crippen molar-refractivity contribution in [3.05, 3.63) is 59.9 Å². The first-order valence-electron chi connectivity index (χ1n) is 5.03. The van der Waals surface area contributed by atoms with Gasteiger partial charge in [-0.15, -0.1) is 0 Å². The van der Waals surface area contributed by atoms with E-state index in [-0.39, 0.29) is 11.5 Å². The van der Waals surface area contributed by atoms with Crippen molar-refractivity contribution < 1.29 is 4.39 Å². The van der Waals surface area contributed by atoms with Gasteiger partial charge in [0, 0.05) is 24.5 Å². The minimum atomic E-state index is -0.462. The molecule has 0 saturated heterocycles. The Hall–Kier alpha value is -1.81. The van der Waals surface area contributed by atoms with Crippen LogP contribution < -0.4 is 5.73 Å². The van der Waals surface area contributed by atoms with Crippen LogP contribution in [0.1, 0.15) is 17.4 Å². The lowest BCUT2D eigenvalue weighted by atomic mass is 10.1. The SMILES string of the molecule is NC(Cc1ccccn1)c1ncccc1F. The quantitative estimate of drug-likeness (QED) is 0.853. The number of pyridine rings is 2. The van der Waals surface area contributed by atoms with Crippen LogP contribution in [0.3, 0.4) is 0 Å².